The van der Waals surface area contributed by atoms with E-state index in [1.165, 1.54) is 12.3 Å². The van der Waals surface area contributed by atoms with Gasteiger partial charge in [0.15, 0.2) is 0 Å². The lowest BCUT2D eigenvalue weighted by Crippen LogP contribution is -2.35. The van der Waals surface area contributed by atoms with Gasteiger partial charge in [-0.3, -0.25) is 9.48 Å². The molecule has 9 heteroatoms. The minimum Gasteiger partial charge on any atom is -0.356 e. The maximum Gasteiger partial charge on any atom is 0.270 e. The molecule has 2 N–H and O–H groups in total. The van der Waals surface area contributed by atoms with E-state index in [1.807, 2.05) is 0 Å². The summed E-state index contributed by atoms with van der Waals surface area (Å²) < 4.78 is 29.1. The lowest BCUT2D eigenvalue weighted by molar-refractivity contribution is 0.0787. The highest BCUT2D eigenvalue weighted by Gasteiger charge is 2.24. The average Bonchev–Trinajstić information content (AvgIpc) is 3.28. The first-order chi connectivity index (χ1) is 11.5. The molecule has 3 rings (SSSR count). The van der Waals surface area contributed by atoms with Crippen molar-refractivity contribution in [2.24, 2.45) is 0 Å². The van der Waals surface area contributed by atoms with Gasteiger partial charge in [-0.15, -0.1) is 0 Å². The predicted octanol–water partition coefficient (Wildman–Crippen LogP) is 0.814. The largest absolute Gasteiger partial charge is 0.356 e. The van der Waals surface area contributed by atoms with E-state index in [4.69, 9.17) is 0 Å². The number of nitrogens with zero attached hydrogens (tertiary/aromatic N) is 3. The van der Waals surface area contributed by atoms with Gasteiger partial charge in [0, 0.05) is 37.7 Å². The lowest BCUT2D eigenvalue weighted by Gasteiger charge is -2.14. The zero-order valence-corrected chi connectivity index (χ0v) is 14.3. The van der Waals surface area contributed by atoms with E-state index < -0.39 is 10.0 Å². The van der Waals surface area contributed by atoms with Gasteiger partial charge in [0.2, 0.25) is 10.0 Å². The molecule has 0 aliphatic carbocycles. The number of sulfonamides is 1. The Morgan fingerprint density at radius 2 is 2.17 bits per heavy atom. The van der Waals surface area contributed by atoms with Crippen molar-refractivity contribution < 1.29 is 13.2 Å². The molecule has 24 heavy (non-hydrogen) atoms. The minimum absolute atomic E-state index is 0.0670. The Morgan fingerprint density at radius 1 is 1.42 bits per heavy atom. The topological polar surface area (TPSA) is 100 Å². The van der Waals surface area contributed by atoms with Crippen molar-refractivity contribution in [3.05, 3.63) is 36.4 Å². The molecular weight excluding hydrogens is 330 g/mol. The van der Waals surface area contributed by atoms with Gasteiger partial charge in [-0.2, -0.15) is 5.10 Å². The molecule has 0 aromatic carbocycles. The molecule has 0 saturated carbocycles. The summed E-state index contributed by atoms with van der Waals surface area (Å²) in [6.07, 6.45) is 6.75. The van der Waals surface area contributed by atoms with Crippen molar-refractivity contribution in [2.75, 3.05) is 13.1 Å². The molecule has 0 spiro atoms. The fraction of sp³-hybridized carbons (Fsp3) is 0.467. The first-order valence-corrected chi connectivity index (χ1v) is 9.41. The standard InChI is InChI=1S/C15H21N5O3S/c1-12(11-20-8-4-5-17-20)18-24(22,23)13-9-14(16-10-13)15(21)19-6-2-3-7-19/h4-5,8-10,12,16,18H,2-3,6-7,11H2,1H3/t12-/m1/s1. The molecule has 0 unspecified atom stereocenters. The molecule has 2 aromatic rings. The summed E-state index contributed by atoms with van der Waals surface area (Å²) in [5.74, 6) is -0.154. The number of amides is 1. The Kier molecular flexibility index (Phi) is 4.72. The SMILES string of the molecule is C[C@H](Cn1cccn1)NS(=O)(=O)c1c[nH]c(C(=O)N2CCCC2)c1. The molecule has 1 amide bonds. The molecule has 1 aliphatic heterocycles. The zero-order valence-electron chi connectivity index (χ0n) is 13.5. The van der Waals surface area contributed by atoms with E-state index in [0.717, 1.165) is 25.9 Å². The van der Waals surface area contributed by atoms with Gasteiger partial charge < -0.3 is 9.88 Å². The van der Waals surface area contributed by atoms with Crippen LogP contribution in [-0.4, -0.2) is 53.1 Å². The Bertz CT molecular complexity index is 791. The van der Waals surface area contributed by atoms with Gasteiger partial charge in [-0.05, 0) is 31.9 Å². The Balaban J connectivity index is 1.67. The summed E-state index contributed by atoms with van der Waals surface area (Å²) in [4.78, 5) is 16.9. The maximum absolute atomic E-state index is 12.4. The smallest absolute Gasteiger partial charge is 0.270 e. The molecule has 1 aliphatic rings. The summed E-state index contributed by atoms with van der Waals surface area (Å²) in [7, 11) is -3.69. The monoisotopic (exact) mass is 351 g/mol. The molecule has 1 atom stereocenters. The number of hydrogen-bond donors (Lipinski definition) is 2. The van der Waals surface area contributed by atoms with Gasteiger partial charge in [0.05, 0.1) is 6.54 Å². The van der Waals surface area contributed by atoms with E-state index >= 15 is 0 Å². The highest BCUT2D eigenvalue weighted by molar-refractivity contribution is 7.89. The third-order valence-corrected chi connectivity index (χ3v) is 5.54. The molecular formula is C15H21N5O3S. The molecule has 0 radical (unpaired) electrons. The van der Waals surface area contributed by atoms with Crippen LogP contribution in [0.2, 0.25) is 0 Å². The van der Waals surface area contributed by atoms with Crippen molar-refractivity contribution >= 4 is 15.9 Å². The van der Waals surface area contributed by atoms with Crippen molar-refractivity contribution in [1.29, 1.82) is 0 Å². The second-order valence-electron chi connectivity index (χ2n) is 6.00. The number of likely N-dealkylation sites (tertiary alicyclic amines) is 1. The molecule has 3 heterocycles. The third kappa shape index (κ3) is 3.68. The van der Waals surface area contributed by atoms with Crippen LogP contribution in [-0.2, 0) is 16.6 Å². The number of hydrogen-bond acceptors (Lipinski definition) is 4. The first-order valence-electron chi connectivity index (χ1n) is 7.93. The van der Waals surface area contributed by atoms with E-state index in [2.05, 4.69) is 14.8 Å². The van der Waals surface area contributed by atoms with Crippen molar-refractivity contribution in [1.82, 2.24) is 24.4 Å². The van der Waals surface area contributed by atoms with E-state index in [0.29, 0.717) is 12.2 Å². The van der Waals surface area contributed by atoms with E-state index in [9.17, 15) is 13.2 Å². The normalized spacial score (nSPS) is 16.5. The average molecular weight is 351 g/mol. The first kappa shape index (κ1) is 16.7. The molecule has 1 saturated heterocycles. The van der Waals surface area contributed by atoms with E-state index in [1.54, 1.807) is 35.0 Å². The second kappa shape index (κ2) is 6.78. The van der Waals surface area contributed by atoms with Crippen LogP contribution in [0.4, 0.5) is 0 Å². The summed E-state index contributed by atoms with van der Waals surface area (Å²) in [5.41, 5.74) is 0.303. The van der Waals surface area contributed by atoms with Gasteiger partial charge in [-0.25, -0.2) is 13.1 Å². The molecule has 0 bridgehead atoms. The van der Waals surface area contributed by atoms with Crippen LogP contribution in [0.3, 0.4) is 0 Å². The fourth-order valence-corrected chi connectivity index (χ4v) is 4.03. The Hall–Kier alpha value is -2.13. The number of rotatable bonds is 6. The van der Waals surface area contributed by atoms with Gasteiger partial charge >= 0.3 is 0 Å². The molecule has 8 nitrogen and oxygen atoms in total. The number of aromatic amines is 1. The van der Waals surface area contributed by atoms with Crippen LogP contribution < -0.4 is 4.72 Å². The van der Waals surface area contributed by atoms with Crippen molar-refractivity contribution in [3.8, 4) is 0 Å². The number of carbonyl (C=O) groups excluding carboxylic acids is 1. The van der Waals surface area contributed by atoms with E-state index in [-0.39, 0.29) is 16.8 Å². The summed E-state index contributed by atoms with van der Waals surface area (Å²) in [6, 6.07) is 2.84. The number of nitrogens with one attached hydrogen (secondary N) is 2. The minimum atomic E-state index is -3.69. The fourth-order valence-electron chi connectivity index (χ4n) is 2.80. The highest BCUT2D eigenvalue weighted by atomic mass is 32.2. The van der Waals surface area contributed by atoms with Crippen LogP contribution in [0.1, 0.15) is 30.3 Å². The zero-order chi connectivity index (χ0) is 17.2. The van der Waals surface area contributed by atoms with Crippen LogP contribution in [0, 0.1) is 0 Å². The number of aromatic nitrogens is 3. The highest BCUT2D eigenvalue weighted by Crippen LogP contribution is 2.16. The quantitative estimate of drug-likeness (QED) is 0.804. The second-order valence-corrected chi connectivity index (χ2v) is 7.71. The molecule has 1 fully saturated rings. The number of H-pyrrole nitrogens is 1. The van der Waals surface area contributed by atoms with Crippen LogP contribution in [0.5, 0.6) is 0 Å². The predicted molar refractivity (Wildman–Crippen MR) is 87.9 cm³/mol. The van der Waals surface area contributed by atoms with Crippen LogP contribution in [0.25, 0.3) is 0 Å². The molecule has 130 valence electrons. The summed E-state index contributed by atoms with van der Waals surface area (Å²) in [5, 5.41) is 4.06. The van der Waals surface area contributed by atoms with Crippen LogP contribution in [0.15, 0.2) is 35.6 Å². The van der Waals surface area contributed by atoms with Crippen LogP contribution >= 0.6 is 0 Å². The number of carbonyl (C=O) groups is 1. The Morgan fingerprint density at radius 3 is 2.83 bits per heavy atom. The van der Waals surface area contributed by atoms with Crippen molar-refractivity contribution in [2.45, 2.75) is 37.2 Å². The van der Waals surface area contributed by atoms with Gasteiger partial charge in [-0.1, -0.05) is 0 Å². The maximum atomic E-state index is 12.4. The third-order valence-electron chi connectivity index (χ3n) is 3.97. The van der Waals surface area contributed by atoms with Gasteiger partial charge in [0.25, 0.3) is 5.91 Å². The summed E-state index contributed by atoms with van der Waals surface area (Å²) in [6.45, 7) is 3.64. The van der Waals surface area contributed by atoms with Crippen molar-refractivity contribution in [3.63, 3.8) is 0 Å². The molecule has 2 aromatic heterocycles. The lowest BCUT2D eigenvalue weighted by atomic mass is 10.4. The Labute approximate surface area is 140 Å². The van der Waals surface area contributed by atoms with Gasteiger partial charge in [0.1, 0.15) is 10.6 Å². The summed E-state index contributed by atoms with van der Waals surface area (Å²) >= 11 is 0.